The zero-order chi connectivity index (χ0) is 9.99. The van der Waals surface area contributed by atoms with Crippen molar-refractivity contribution < 1.29 is 9.90 Å². The molecular weight excluding hydrogens is 152 g/mol. The second-order valence-corrected chi connectivity index (χ2v) is 4.39. The van der Waals surface area contributed by atoms with Crippen molar-refractivity contribution in [3.8, 4) is 11.8 Å². The van der Waals surface area contributed by atoms with Gasteiger partial charge in [-0.05, 0) is 19.8 Å². The molecule has 0 atom stereocenters. The summed E-state index contributed by atoms with van der Waals surface area (Å²) in [6, 6.07) is 0. The molecule has 0 amide bonds. The van der Waals surface area contributed by atoms with E-state index in [1.165, 1.54) is 0 Å². The van der Waals surface area contributed by atoms with Crippen LogP contribution in [0.3, 0.4) is 0 Å². The van der Waals surface area contributed by atoms with Crippen molar-refractivity contribution in [1.29, 1.82) is 0 Å². The molecule has 0 radical (unpaired) electrons. The second kappa shape index (κ2) is 3.28. The SMILES string of the molecule is CC(C)(O)C#CC(=O)C(C)(C)C. The lowest BCUT2D eigenvalue weighted by Crippen LogP contribution is -2.20. The largest absolute Gasteiger partial charge is 0.378 e. The van der Waals surface area contributed by atoms with Gasteiger partial charge in [0.25, 0.3) is 0 Å². The Morgan fingerprint density at radius 2 is 1.58 bits per heavy atom. The van der Waals surface area contributed by atoms with E-state index in [1.54, 1.807) is 34.6 Å². The van der Waals surface area contributed by atoms with Crippen molar-refractivity contribution in [2.24, 2.45) is 5.41 Å². The van der Waals surface area contributed by atoms with Crippen molar-refractivity contribution in [2.75, 3.05) is 0 Å². The van der Waals surface area contributed by atoms with Gasteiger partial charge in [0, 0.05) is 5.41 Å². The highest BCUT2D eigenvalue weighted by Crippen LogP contribution is 2.13. The summed E-state index contributed by atoms with van der Waals surface area (Å²) >= 11 is 0. The van der Waals surface area contributed by atoms with E-state index in [-0.39, 0.29) is 5.78 Å². The Bertz CT molecular complexity index is 227. The molecule has 0 unspecified atom stereocenters. The van der Waals surface area contributed by atoms with Crippen LogP contribution in [0.25, 0.3) is 0 Å². The average molecular weight is 168 g/mol. The van der Waals surface area contributed by atoms with Crippen LogP contribution in [-0.2, 0) is 4.79 Å². The lowest BCUT2D eigenvalue weighted by atomic mass is 9.91. The predicted octanol–water partition coefficient (Wildman–Crippen LogP) is 1.38. The van der Waals surface area contributed by atoms with Crippen LogP contribution in [0.2, 0.25) is 0 Å². The summed E-state index contributed by atoms with van der Waals surface area (Å²) in [4.78, 5) is 11.2. The normalized spacial score (nSPS) is 11.8. The van der Waals surface area contributed by atoms with Crippen LogP contribution in [-0.4, -0.2) is 16.5 Å². The van der Waals surface area contributed by atoms with Gasteiger partial charge in [-0.2, -0.15) is 0 Å². The van der Waals surface area contributed by atoms with Crippen LogP contribution in [0.1, 0.15) is 34.6 Å². The number of rotatable bonds is 0. The first kappa shape index (κ1) is 11.2. The van der Waals surface area contributed by atoms with Gasteiger partial charge in [-0.15, -0.1) is 0 Å². The smallest absolute Gasteiger partial charge is 0.210 e. The molecule has 2 heteroatoms. The Morgan fingerprint density at radius 1 is 1.17 bits per heavy atom. The molecule has 2 nitrogen and oxygen atoms in total. The summed E-state index contributed by atoms with van der Waals surface area (Å²) in [5.41, 5.74) is -1.53. The third kappa shape index (κ3) is 4.92. The molecule has 12 heavy (non-hydrogen) atoms. The summed E-state index contributed by atoms with van der Waals surface area (Å²) in [5, 5.41) is 9.21. The monoisotopic (exact) mass is 168 g/mol. The molecule has 0 heterocycles. The highest BCUT2D eigenvalue weighted by molar-refractivity contribution is 5.99. The molecule has 0 aliphatic heterocycles. The van der Waals surface area contributed by atoms with Crippen molar-refractivity contribution in [3.63, 3.8) is 0 Å². The fourth-order valence-corrected chi connectivity index (χ4v) is 0.397. The maximum absolute atomic E-state index is 11.2. The minimum Gasteiger partial charge on any atom is -0.378 e. The lowest BCUT2D eigenvalue weighted by molar-refractivity contribution is -0.120. The van der Waals surface area contributed by atoms with E-state index in [0.29, 0.717) is 0 Å². The molecule has 0 spiro atoms. The Labute approximate surface area is 74.0 Å². The molecule has 0 fully saturated rings. The van der Waals surface area contributed by atoms with E-state index < -0.39 is 11.0 Å². The summed E-state index contributed by atoms with van der Waals surface area (Å²) < 4.78 is 0. The van der Waals surface area contributed by atoms with Crippen molar-refractivity contribution in [2.45, 2.75) is 40.2 Å². The Hall–Kier alpha value is -0.810. The fraction of sp³-hybridized carbons (Fsp3) is 0.700. The van der Waals surface area contributed by atoms with Gasteiger partial charge < -0.3 is 5.11 Å². The number of Topliss-reactive ketones (excluding diaryl/α,β-unsaturated/α-hetero) is 1. The van der Waals surface area contributed by atoms with E-state index in [1.807, 2.05) is 0 Å². The topological polar surface area (TPSA) is 37.3 Å². The molecule has 1 N–H and O–H groups in total. The molecular formula is C10H16O2. The van der Waals surface area contributed by atoms with Gasteiger partial charge in [0.2, 0.25) is 5.78 Å². The first-order valence-corrected chi connectivity index (χ1v) is 3.93. The van der Waals surface area contributed by atoms with Crippen LogP contribution in [0.15, 0.2) is 0 Å². The molecule has 0 rings (SSSR count). The number of hydrogen-bond donors (Lipinski definition) is 1. The quantitative estimate of drug-likeness (QED) is 0.438. The molecule has 0 aromatic carbocycles. The highest BCUT2D eigenvalue weighted by atomic mass is 16.3. The number of aliphatic hydroxyl groups is 1. The van der Waals surface area contributed by atoms with E-state index in [4.69, 9.17) is 0 Å². The molecule has 0 aromatic heterocycles. The summed E-state index contributed by atoms with van der Waals surface area (Å²) in [6.45, 7) is 8.50. The number of carbonyl (C=O) groups is 1. The summed E-state index contributed by atoms with van der Waals surface area (Å²) in [5.74, 6) is 4.76. The predicted molar refractivity (Wildman–Crippen MR) is 48.5 cm³/mol. The highest BCUT2D eigenvalue weighted by Gasteiger charge is 2.19. The Kier molecular flexibility index (Phi) is 3.06. The summed E-state index contributed by atoms with van der Waals surface area (Å²) in [6.07, 6.45) is 0. The van der Waals surface area contributed by atoms with Gasteiger partial charge in [0.05, 0.1) is 0 Å². The Morgan fingerprint density at radius 3 is 1.83 bits per heavy atom. The minimum absolute atomic E-state index is 0.148. The molecule has 68 valence electrons. The molecule has 0 bridgehead atoms. The van der Waals surface area contributed by atoms with E-state index in [0.717, 1.165) is 0 Å². The average Bonchev–Trinajstić information content (AvgIpc) is 1.78. The number of carbonyl (C=O) groups excluding carboxylic acids is 1. The van der Waals surface area contributed by atoms with Crippen molar-refractivity contribution in [1.82, 2.24) is 0 Å². The second-order valence-electron chi connectivity index (χ2n) is 4.39. The van der Waals surface area contributed by atoms with Crippen LogP contribution >= 0.6 is 0 Å². The standard InChI is InChI=1S/C10H16O2/c1-9(2,3)8(11)6-7-10(4,5)12/h12H,1-5H3. The first-order chi connectivity index (χ1) is 5.13. The van der Waals surface area contributed by atoms with Crippen LogP contribution in [0.4, 0.5) is 0 Å². The van der Waals surface area contributed by atoms with Crippen LogP contribution < -0.4 is 0 Å². The molecule has 0 aliphatic rings. The van der Waals surface area contributed by atoms with Gasteiger partial charge in [-0.1, -0.05) is 26.7 Å². The van der Waals surface area contributed by atoms with Gasteiger partial charge in [0.15, 0.2) is 0 Å². The van der Waals surface area contributed by atoms with Crippen LogP contribution in [0.5, 0.6) is 0 Å². The third-order valence-electron chi connectivity index (χ3n) is 1.16. The van der Waals surface area contributed by atoms with E-state index in [9.17, 15) is 9.90 Å². The maximum atomic E-state index is 11.2. The lowest BCUT2D eigenvalue weighted by Gasteiger charge is -2.12. The zero-order valence-corrected chi connectivity index (χ0v) is 8.36. The van der Waals surface area contributed by atoms with E-state index >= 15 is 0 Å². The number of ketones is 1. The molecule has 0 saturated carbocycles. The van der Waals surface area contributed by atoms with Crippen LogP contribution in [0, 0.1) is 17.3 Å². The third-order valence-corrected chi connectivity index (χ3v) is 1.16. The first-order valence-electron chi connectivity index (χ1n) is 3.93. The Balaban J connectivity index is 4.46. The fourth-order valence-electron chi connectivity index (χ4n) is 0.397. The number of hydrogen-bond acceptors (Lipinski definition) is 2. The van der Waals surface area contributed by atoms with Gasteiger partial charge in [-0.25, -0.2) is 0 Å². The maximum Gasteiger partial charge on any atom is 0.210 e. The summed E-state index contributed by atoms with van der Waals surface area (Å²) in [7, 11) is 0. The molecule has 0 aromatic rings. The van der Waals surface area contributed by atoms with Crippen molar-refractivity contribution in [3.05, 3.63) is 0 Å². The van der Waals surface area contributed by atoms with Gasteiger partial charge in [-0.3, -0.25) is 4.79 Å². The van der Waals surface area contributed by atoms with Gasteiger partial charge >= 0.3 is 0 Å². The van der Waals surface area contributed by atoms with Gasteiger partial charge in [0.1, 0.15) is 5.60 Å². The van der Waals surface area contributed by atoms with E-state index in [2.05, 4.69) is 11.8 Å². The zero-order valence-electron chi connectivity index (χ0n) is 8.36. The minimum atomic E-state index is -1.08. The van der Waals surface area contributed by atoms with Crippen molar-refractivity contribution >= 4 is 5.78 Å². The molecule has 0 saturated heterocycles. The molecule has 0 aliphatic carbocycles.